The first-order valence-corrected chi connectivity index (χ1v) is 10.9. The number of H-pyrrole nitrogens is 1. The number of rotatable bonds is 5. The molecule has 0 amide bonds. The number of nitrogens with two attached hydrogens (primary N) is 1. The van der Waals surface area contributed by atoms with Crippen LogP contribution in [-0.2, 0) is 6.54 Å². The molecule has 150 valence electrons. The maximum absolute atomic E-state index is 9.73. The molecule has 2 aromatic carbocycles. The fourth-order valence-electron chi connectivity index (χ4n) is 3.32. The van der Waals surface area contributed by atoms with Crippen molar-refractivity contribution in [2.45, 2.75) is 13.5 Å². The summed E-state index contributed by atoms with van der Waals surface area (Å²) in [4.78, 5) is 7.95. The summed E-state index contributed by atoms with van der Waals surface area (Å²) in [7, 11) is 0. The van der Waals surface area contributed by atoms with Gasteiger partial charge in [-0.3, -0.25) is 4.98 Å². The summed E-state index contributed by atoms with van der Waals surface area (Å²) in [5, 5.41) is 10.3. The van der Waals surface area contributed by atoms with Gasteiger partial charge in [0, 0.05) is 8.95 Å². The van der Waals surface area contributed by atoms with E-state index in [0.717, 1.165) is 20.1 Å². The largest absolute Gasteiger partial charge is 0.478 e. The number of benzene rings is 2. The molecule has 3 N–H and O–H groups in total. The number of hydrogen-bond acceptors (Lipinski definition) is 4. The van der Waals surface area contributed by atoms with Crippen molar-refractivity contribution in [2.75, 3.05) is 12.3 Å². The van der Waals surface area contributed by atoms with Gasteiger partial charge in [-0.1, -0.05) is 49.0 Å². The molecule has 2 heterocycles. The number of halogens is 2. The van der Waals surface area contributed by atoms with Crippen molar-refractivity contribution in [3.8, 4) is 23.3 Å². The molecule has 0 fully saturated rings. The van der Waals surface area contributed by atoms with E-state index < -0.39 is 0 Å². The standard InChI is InChI=1S/C22H17Br2N5O/c1-2-30-22-17(11-25)18-19(26)29(12-13-3-7-15(23)8-4-13)21(27-20(18)28-22)14-5-9-16(24)10-6-14/h3-10H,2,12H2,1H3,(H2,26,28)/p+1. The highest BCUT2D eigenvalue weighted by Gasteiger charge is 2.27. The van der Waals surface area contributed by atoms with Crippen molar-refractivity contribution < 1.29 is 9.30 Å². The average Bonchev–Trinajstić information content (AvgIpc) is 3.10. The molecule has 0 radical (unpaired) electrons. The summed E-state index contributed by atoms with van der Waals surface area (Å²) in [6.07, 6.45) is 0. The van der Waals surface area contributed by atoms with Gasteiger partial charge in [-0.15, -0.1) is 0 Å². The minimum atomic E-state index is 0.365. The SMILES string of the molecule is CCOc1[nH]c2nc(-c3ccc(Br)cc3)[n+](Cc3ccc(Br)cc3)c(N)c2c1C#N. The first-order valence-electron chi connectivity index (χ1n) is 9.30. The van der Waals surface area contributed by atoms with Crippen LogP contribution in [0.5, 0.6) is 5.88 Å². The second kappa shape index (κ2) is 8.46. The van der Waals surface area contributed by atoms with Crippen molar-refractivity contribution in [3.05, 3.63) is 68.6 Å². The molecule has 0 saturated carbocycles. The van der Waals surface area contributed by atoms with Crippen molar-refractivity contribution >= 4 is 48.7 Å². The summed E-state index contributed by atoms with van der Waals surface area (Å²) < 4.78 is 9.52. The van der Waals surface area contributed by atoms with Crippen LogP contribution in [0.25, 0.3) is 22.4 Å². The molecule has 0 unspecified atom stereocenters. The highest BCUT2D eigenvalue weighted by molar-refractivity contribution is 9.10. The zero-order chi connectivity index (χ0) is 21.3. The molecule has 0 aliphatic rings. The molecule has 30 heavy (non-hydrogen) atoms. The van der Waals surface area contributed by atoms with Gasteiger partial charge in [0.15, 0.2) is 0 Å². The molecule has 0 bridgehead atoms. The van der Waals surface area contributed by atoms with E-state index in [1.807, 2.05) is 60.0 Å². The van der Waals surface area contributed by atoms with E-state index in [9.17, 15) is 5.26 Å². The minimum absolute atomic E-state index is 0.365. The molecular formula is C22H18Br2N5O+. The topological polar surface area (TPSA) is 91.6 Å². The van der Waals surface area contributed by atoms with Gasteiger partial charge < -0.3 is 10.5 Å². The van der Waals surface area contributed by atoms with Crippen molar-refractivity contribution in [1.29, 1.82) is 5.26 Å². The molecular weight excluding hydrogens is 510 g/mol. The van der Waals surface area contributed by atoms with Crippen LogP contribution in [0, 0.1) is 11.3 Å². The number of nitrogens with one attached hydrogen (secondary N) is 1. The number of aromatic nitrogens is 3. The number of nitrogens with zero attached hydrogens (tertiary/aromatic N) is 3. The summed E-state index contributed by atoms with van der Waals surface area (Å²) in [6, 6.07) is 18.1. The highest BCUT2D eigenvalue weighted by Crippen LogP contribution is 2.31. The summed E-state index contributed by atoms with van der Waals surface area (Å²) in [5.41, 5.74) is 9.49. The molecule has 8 heteroatoms. The Kier molecular flexibility index (Phi) is 5.75. The van der Waals surface area contributed by atoms with Gasteiger partial charge in [-0.2, -0.15) is 5.26 Å². The maximum Gasteiger partial charge on any atom is 0.272 e. The Morgan fingerprint density at radius 1 is 1.10 bits per heavy atom. The first kappa shape index (κ1) is 20.4. The van der Waals surface area contributed by atoms with Gasteiger partial charge in [0.1, 0.15) is 17.0 Å². The van der Waals surface area contributed by atoms with E-state index in [1.54, 1.807) is 0 Å². The van der Waals surface area contributed by atoms with Crippen LogP contribution in [0.15, 0.2) is 57.5 Å². The van der Waals surface area contributed by atoms with Crippen LogP contribution < -0.4 is 15.0 Å². The monoisotopic (exact) mass is 526 g/mol. The van der Waals surface area contributed by atoms with E-state index in [2.05, 4.69) is 42.9 Å². The van der Waals surface area contributed by atoms with E-state index >= 15 is 0 Å². The van der Waals surface area contributed by atoms with E-state index in [0.29, 0.717) is 47.3 Å². The van der Waals surface area contributed by atoms with Crippen LogP contribution in [0.1, 0.15) is 18.1 Å². The zero-order valence-corrected chi connectivity index (χ0v) is 19.3. The average molecular weight is 528 g/mol. The van der Waals surface area contributed by atoms with Crippen molar-refractivity contribution in [3.63, 3.8) is 0 Å². The lowest BCUT2D eigenvalue weighted by Crippen LogP contribution is -2.41. The van der Waals surface area contributed by atoms with E-state index in [1.165, 1.54) is 0 Å². The third-order valence-corrected chi connectivity index (χ3v) is 5.78. The number of nitrogen functional groups attached to an aromatic ring is 1. The van der Waals surface area contributed by atoms with Crippen molar-refractivity contribution in [2.24, 2.45) is 0 Å². The fourth-order valence-corrected chi connectivity index (χ4v) is 3.85. The zero-order valence-electron chi connectivity index (χ0n) is 16.1. The van der Waals surface area contributed by atoms with Crippen molar-refractivity contribution in [1.82, 2.24) is 9.97 Å². The molecule has 4 aromatic rings. The Morgan fingerprint density at radius 2 is 1.73 bits per heavy atom. The Bertz CT molecular complexity index is 1260. The van der Waals surface area contributed by atoms with Crippen LogP contribution >= 0.6 is 31.9 Å². The van der Waals surface area contributed by atoms with E-state index in [-0.39, 0.29) is 0 Å². The number of ether oxygens (including phenoxy) is 1. The minimum Gasteiger partial charge on any atom is -0.478 e. The Labute approximate surface area is 190 Å². The van der Waals surface area contributed by atoms with Crippen LogP contribution in [-0.4, -0.2) is 16.6 Å². The van der Waals surface area contributed by atoms with Gasteiger partial charge in [0.2, 0.25) is 17.3 Å². The molecule has 6 nitrogen and oxygen atoms in total. The summed E-state index contributed by atoms with van der Waals surface area (Å²) in [5.74, 6) is 1.54. The third-order valence-electron chi connectivity index (χ3n) is 4.72. The van der Waals surface area contributed by atoms with Gasteiger partial charge in [-0.25, -0.2) is 4.57 Å². The lowest BCUT2D eigenvalue weighted by atomic mass is 10.1. The molecule has 4 rings (SSSR count). The van der Waals surface area contributed by atoms with Crippen LogP contribution in [0.3, 0.4) is 0 Å². The lowest BCUT2D eigenvalue weighted by Gasteiger charge is -2.10. The normalized spacial score (nSPS) is 10.9. The smallest absolute Gasteiger partial charge is 0.272 e. The maximum atomic E-state index is 9.73. The first-order chi connectivity index (χ1) is 14.5. The van der Waals surface area contributed by atoms with Gasteiger partial charge in [-0.05, 0) is 48.9 Å². The van der Waals surface area contributed by atoms with Gasteiger partial charge in [0.05, 0.1) is 18.7 Å². The molecule has 2 aromatic heterocycles. The predicted molar refractivity (Wildman–Crippen MR) is 123 cm³/mol. The molecule has 0 aliphatic heterocycles. The van der Waals surface area contributed by atoms with E-state index in [4.69, 9.17) is 15.5 Å². The van der Waals surface area contributed by atoms with Gasteiger partial charge >= 0.3 is 0 Å². The number of aromatic amines is 1. The second-order valence-electron chi connectivity index (χ2n) is 6.64. The number of hydrogen-bond donors (Lipinski definition) is 2. The second-order valence-corrected chi connectivity index (χ2v) is 8.47. The third kappa shape index (κ3) is 3.78. The number of anilines is 1. The summed E-state index contributed by atoms with van der Waals surface area (Å²) >= 11 is 6.95. The number of fused-ring (bicyclic) bond motifs is 1. The lowest BCUT2D eigenvalue weighted by molar-refractivity contribution is -0.664. The quantitative estimate of drug-likeness (QED) is 0.359. The van der Waals surface area contributed by atoms with Gasteiger partial charge in [0.25, 0.3) is 5.82 Å². The number of nitriles is 1. The Morgan fingerprint density at radius 3 is 2.33 bits per heavy atom. The predicted octanol–water partition coefficient (Wildman–Crippen LogP) is 4.94. The highest BCUT2D eigenvalue weighted by atomic mass is 79.9. The Balaban J connectivity index is 1.98. The molecule has 0 aliphatic carbocycles. The molecule has 0 saturated heterocycles. The summed E-state index contributed by atoms with van der Waals surface area (Å²) in [6.45, 7) is 2.80. The molecule has 0 atom stereocenters. The Hall–Kier alpha value is -2.89. The van der Waals surface area contributed by atoms with Crippen LogP contribution in [0.2, 0.25) is 0 Å². The van der Waals surface area contributed by atoms with Crippen LogP contribution in [0.4, 0.5) is 5.82 Å². The fraction of sp³-hybridized carbons (Fsp3) is 0.136. The molecule has 0 spiro atoms.